The average molecular weight is 258 g/mol. The van der Waals surface area contributed by atoms with Crippen molar-refractivity contribution in [2.75, 3.05) is 17.3 Å². The second kappa shape index (κ2) is 5.69. The molecule has 1 rings (SSSR count). The zero-order valence-electron chi connectivity index (χ0n) is 9.33. The molecule has 0 saturated carbocycles. The van der Waals surface area contributed by atoms with Gasteiger partial charge in [-0.3, -0.25) is 4.79 Å². The predicted molar refractivity (Wildman–Crippen MR) is 63.0 cm³/mol. The number of anilines is 1. The van der Waals surface area contributed by atoms with E-state index in [1.54, 1.807) is 0 Å². The van der Waals surface area contributed by atoms with Crippen LogP contribution in [0.4, 0.5) is 5.69 Å². The molecule has 0 aliphatic carbocycles. The minimum atomic E-state index is -3.11. The molecule has 0 radical (unpaired) electrons. The largest absolute Gasteiger partial charge is 0.322 e. The summed E-state index contributed by atoms with van der Waals surface area (Å²) >= 11 is 0. The Balaban J connectivity index is 2.48. The van der Waals surface area contributed by atoms with Crippen LogP contribution in [0.25, 0.3) is 0 Å². The summed E-state index contributed by atoms with van der Waals surface area (Å²) < 4.78 is 21.8. The van der Waals surface area contributed by atoms with Crippen molar-refractivity contribution in [3.63, 3.8) is 0 Å². The summed E-state index contributed by atoms with van der Waals surface area (Å²) in [4.78, 5) is 19.0. The van der Waals surface area contributed by atoms with Gasteiger partial charge in [0.25, 0.3) is 0 Å². The van der Waals surface area contributed by atoms with Crippen LogP contribution in [0.1, 0.15) is 6.42 Å². The third kappa shape index (κ3) is 5.36. The van der Waals surface area contributed by atoms with Gasteiger partial charge in [0.15, 0.2) is 0 Å². The highest BCUT2D eigenvalue weighted by molar-refractivity contribution is 7.90. The molecule has 1 aromatic rings. The van der Waals surface area contributed by atoms with Crippen LogP contribution in [-0.2, 0) is 14.6 Å². The molecular weight excluding hydrogens is 244 g/mol. The highest BCUT2D eigenvalue weighted by Crippen LogP contribution is 2.02. The zero-order chi connectivity index (χ0) is 12.9. The van der Waals surface area contributed by atoms with Crippen molar-refractivity contribution in [2.24, 2.45) is 5.73 Å². The number of amides is 1. The molecule has 0 unspecified atom stereocenters. The second-order valence-corrected chi connectivity index (χ2v) is 5.90. The van der Waals surface area contributed by atoms with Gasteiger partial charge in [0, 0.05) is 6.26 Å². The van der Waals surface area contributed by atoms with Crippen LogP contribution < -0.4 is 11.1 Å². The van der Waals surface area contributed by atoms with Gasteiger partial charge in [-0.05, 0) is 6.42 Å². The summed E-state index contributed by atoms with van der Waals surface area (Å²) in [5, 5.41) is 2.49. The summed E-state index contributed by atoms with van der Waals surface area (Å²) in [6.07, 6.45) is 5.36. The number of nitrogens with two attached hydrogens (primary N) is 1. The molecule has 0 fully saturated rings. The fraction of sp³-hybridized carbons (Fsp3) is 0.444. The smallest absolute Gasteiger partial charge is 0.241 e. The molecule has 17 heavy (non-hydrogen) atoms. The molecule has 1 aromatic heterocycles. The first-order valence-corrected chi connectivity index (χ1v) is 6.94. The monoisotopic (exact) mass is 258 g/mol. The first-order chi connectivity index (χ1) is 7.88. The van der Waals surface area contributed by atoms with Gasteiger partial charge in [-0.1, -0.05) is 0 Å². The number of aromatic nitrogens is 2. The van der Waals surface area contributed by atoms with Crippen LogP contribution in [-0.4, -0.2) is 42.3 Å². The molecule has 7 nitrogen and oxygen atoms in total. The normalized spacial score (nSPS) is 13.1. The number of nitrogens with zero attached hydrogens (tertiary/aromatic N) is 2. The molecule has 8 heteroatoms. The third-order valence-electron chi connectivity index (χ3n) is 1.96. The maximum Gasteiger partial charge on any atom is 0.241 e. The molecular formula is C9H14N4O3S. The van der Waals surface area contributed by atoms with E-state index in [1.807, 2.05) is 0 Å². The molecule has 3 N–H and O–H groups in total. The van der Waals surface area contributed by atoms with Crippen molar-refractivity contribution < 1.29 is 13.2 Å². The maximum atomic E-state index is 11.5. The molecule has 1 amide bonds. The van der Waals surface area contributed by atoms with Gasteiger partial charge in [0.2, 0.25) is 5.91 Å². The van der Waals surface area contributed by atoms with Crippen LogP contribution in [0.5, 0.6) is 0 Å². The predicted octanol–water partition coefficient (Wildman–Crippen LogP) is -0.823. The summed E-state index contributed by atoms with van der Waals surface area (Å²) in [5.41, 5.74) is 5.98. The van der Waals surface area contributed by atoms with Gasteiger partial charge in [-0.2, -0.15) is 0 Å². The quantitative estimate of drug-likeness (QED) is 0.712. The van der Waals surface area contributed by atoms with E-state index >= 15 is 0 Å². The molecule has 0 aliphatic heterocycles. The standard InChI is InChI=1S/C9H14N4O3S/c1-17(15,16)3-2-8(10)9(14)13-7-4-11-6-12-5-7/h4-6,8H,2-3,10H2,1H3,(H,13,14)/t8-/m0/s1. The number of hydrogen-bond acceptors (Lipinski definition) is 6. The minimum absolute atomic E-state index is 0.0817. The van der Waals surface area contributed by atoms with E-state index < -0.39 is 21.8 Å². The lowest BCUT2D eigenvalue weighted by atomic mass is 10.2. The van der Waals surface area contributed by atoms with E-state index in [1.165, 1.54) is 18.7 Å². The fourth-order valence-electron chi connectivity index (χ4n) is 1.07. The van der Waals surface area contributed by atoms with Gasteiger partial charge >= 0.3 is 0 Å². The van der Waals surface area contributed by atoms with Crippen LogP contribution in [0.3, 0.4) is 0 Å². The number of nitrogens with one attached hydrogen (secondary N) is 1. The van der Waals surface area contributed by atoms with Crippen LogP contribution in [0.2, 0.25) is 0 Å². The fourth-order valence-corrected chi connectivity index (χ4v) is 1.75. The minimum Gasteiger partial charge on any atom is -0.322 e. The van der Waals surface area contributed by atoms with Gasteiger partial charge in [0.1, 0.15) is 16.2 Å². The van der Waals surface area contributed by atoms with E-state index in [4.69, 9.17) is 5.73 Å². The Morgan fingerprint density at radius 2 is 2.06 bits per heavy atom. The number of rotatable bonds is 5. The Morgan fingerprint density at radius 3 is 2.59 bits per heavy atom. The van der Waals surface area contributed by atoms with Gasteiger partial charge < -0.3 is 11.1 Å². The van der Waals surface area contributed by atoms with Crippen molar-refractivity contribution >= 4 is 21.4 Å². The lowest BCUT2D eigenvalue weighted by molar-refractivity contribution is -0.117. The van der Waals surface area contributed by atoms with E-state index in [2.05, 4.69) is 15.3 Å². The summed E-state index contributed by atoms with van der Waals surface area (Å²) in [6, 6.07) is -0.870. The van der Waals surface area contributed by atoms with E-state index in [-0.39, 0.29) is 12.2 Å². The summed E-state index contributed by atoms with van der Waals surface area (Å²) in [5.74, 6) is -0.573. The molecule has 0 saturated heterocycles. The molecule has 0 aromatic carbocycles. The van der Waals surface area contributed by atoms with Crippen molar-refractivity contribution in [2.45, 2.75) is 12.5 Å². The summed E-state index contributed by atoms with van der Waals surface area (Å²) in [6.45, 7) is 0. The van der Waals surface area contributed by atoms with Crippen molar-refractivity contribution in [3.8, 4) is 0 Å². The first kappa shape index (κ1) is 13.5. The molecule has 0 bridgehead atoms. The van der Waals surface area contributed by atoms with E-state index in [0.717, 1.165) is 6.26 Å². The Kier molecular flexibility index (Phi) is 4.53. The maximum absolute atomic E-state index is 11.5. The lowest BCUT2D eigenvalue weighted by Crippen LogP contribution is -2.37. The topological polar surface area (TPSA) is 115 Å². The molecule has 1 heterocycles. The Labute approximate surface area is 99.4 Å². The van der Waals surface area contributed by atoms with Crippen LogP contribution in [0.15, 0.2) is 18.7 Å². The molecule has 0 spiro atoms. The third-order valence-corrected chi connectivity index (χ3v) is 2.94. The summed E-state index contributed by atoms with van der Waals surface area (Å²) in [7, 11) is -3.11. The highest BCUT2D eigenvalue weighted by Gasteiger charge is 2.16. The van der Waals surface area contributed by atoms with Gasteiger partial charge in [-0.15, -0.1) is 0 Å². The zero-order valence-corrected chi connectivity index (χ0v) is 10.1. The van der Waals surface area contributed by atoms with Crippen molar-refractivity contribution in [1.82, 2.24) is 9.97 Å². The highest BCUT2D eigenvalue weighted by atomic mass is 32.2. The second-order valence-electron chi connectivity index (χ2n) is 3.64. The number of sulfone groups is 1. The number of carbonyl (C=O) groups is 1. The van der Waals surface area contributed by atoms with E-state index in [0.29, 0.717) is 5.69 Å². The van der Waals surface area contributed by atoms with Gasteiger partial charge in [0.05, 0.1) is 29.9 Å². The van der Waals surface area contributed by atoms with E-state index in [9.17, 15) is 13.2 Å². The number of carbonyl (C=O) groups excluding carboxylic acids is 1. The Morgan fingerprint density at radius 1 is 1.47 bits per heavy atom. The van der Waals surface area contributed by atoms with Crippen LogP contribution >= 0.6 is 0 Å². The molecule has 0 aliphatic rings. The van der Waals surface area contributed by atoms with Crippen molar-refractivity contribution in [3.05, 3.63) is 18.7 Å². The first-order valence-electron chi connectivity index (χ1n) is 4.87. The van der Waals surface area contributed by atoms with Crippen LogP contribution in [0, 0.1) is 0 Å². The Hall–Kier alpha value is -1.54. The molecule has 94 valence electrons. The number of hydrogen-bond donors (Lipinski definition) is 2. The SMILES string of the molecule is CS(=O)(=O)CC[C@H](N)C(=O)Nc1cncnc1. The lowest BCUT2D eigenvalue weighted by Gasteiger charge is -2.10. The Bertz CT molecular complexity index is 474. The van der Waals surface area contributed by atoms with Crippen molar-refractivity contribution in [1.29, 1.82) is 0 Å². The average Bonchev–Trinajstić information content (AvgIpc) is 2.26. The van der Waals surface area contributed by atoms with Gasteiger partial charge in [-0.25, -0.2) is 18.4 Å². The molecule has 1 atom stereocenters.